The molecule has 3 rings (SSSR count). The molecule has 0 spiro atoms. The van der Waals surface area contributed by atoms with Crippen molar-refractivity contribution in [2.45, 2.75) is 24.3 Å². The molecule has 0 radical (unpaired) electrons. The summed E-state index contributed by atoms with van der Waals surface area (Å²) in [7, 11) is 0. The first-order chi connectivity index (χ1) is 13.7. The fraction of sp³-hybridized carbons (Fsp3) is 0.158. The van der Waals surface area contributed by atoms with Crippen LogP contribution in [0.25, 0.3) is 0 Å². The summed E-state index contributed by atoms with van der Waals surface area (Å²) in [5.74, 6) is -0.989. The SMILES string of the molecule is CC(Cc1ccccc1F)Nc1c(Nc2ccc(Cl)c(S(=O)O)c2O)c(=O)c1=O. The first-order valence-corrected chi connectivity index (χ1v) is 9.91. The van der Waals surface area contributed by atoms with Crippen molar-refractivity contribution in [3.05, 3.63) is 73.2 Å². The molecule has 2 unspecified atom stereocenters. The van der Waals surface area contributed by atoms with Crippen LogP contribution >= 0.6 is 11.6 Å². The van der Waals surface area contributed by atoms with Crippen LogP contribution in [0.4, 0.5) is 21.5 Å². The van der Waals surface area contributed by atoms with Gasteiger partial charge < -0.3 is 20.3 Å². The molecule has 3 aromatic rings. The monoisotopic (exact) mass is 438 g/mol. The van der Waals surface area contributed by atoms with Crippen LogP contribution in [0.5, 0.6) is 5.75 Å². The molecule has 10 heteroatoms. The largest absolute Gasteiger partial charge is 0.504 e. The Morgan fingerprint density at radius 3 is 2.45 bits per heavy atom. The quantitative estimate of drug-likeness (QED) is 0.254. The average molecular weight is 439 g/mol. The summed E-state index contributed by atoms with van der Waals surface area (Å²) in [4.78, 5) is 23.5. The maximum atomic E-state index is 13.8. The molecule has 152 valence electrons. The second-order valence-electron chi connectivity index (χ2n) is 6.40. The van der Waals surface area contributed by atoms with E-state index in [1.165, 1.54) is 18.2 Å². The molecule has 4 N–H and O–H groups in total. The summed E-state index contributed by atoms with van der Waals surface area (Å²) in [5, 5.41) is 15.5. The van der Waals surface area contributed by atoms with Crippen LogP contribution in [0, 0.1) is 5.82 Å². The molecule has 0 saturated heterocycles. The predicted molar refractivity (Wildman–Crippen MR) is 110 cm³/mol. The van der Waals surface area contributed by atoms with Gasteiger partial charge in [0.1, 0.15) is 22.1 Å². The van der Waals surface area contributed by atoms with Crippen molar-refractivity contribution in [2.24, 2.45) is 0 Å². The number of aromatic hydroxyl groups is 1. The smallest absolute Gasteiger partial charge is 0.253 e. The lowest BCUT2D eigenvalue weighted by Crippen LogP contribution is -2.39. The number of nitrogens with one attached hydrogen (secondary N) is 2. The van der Waals surface area contributed by atoms with Crippen molar-refractivity contribution < 1.29 is 18.3 Å². The second kappa shape index (κ2) is 8.32. The Balaban J connectivity index is 1.84. The minimum Gasteiger partial charge on any atom is -0.504 e. The first kappa shape index (κ1) is 21.0. The summed E-state index contributed by atoms with van der Waals surface area (Å²) >= 11 is 3.24. The van der Waals surface area contributed by atoms with Gasteiger partial charge in [-0.05, 0) is 37.1 Å². The fourth-order valence-electron chi connectivity index (χ4n) is 2.89. The van der Waals surface area contributed by atoms with E-state index in [4.69, 9.17) is 11.6 Å². The summed E-state index contributed by atoms with van der Waals surface area (Å²) in [6.45, 7) is 1.72. The van der Waals surface area contributed by atoms with Gasteiger partial charge in [0.05, 0.1) is 10.7 Å². The third-order valence-electron chi connectivity index (χ3n) is 4.30. The van der Waals surface area contributed by atoms with Crippen molar-refractivity contribution in [3.8, 4) is 5.75 Å². The maximum absolute atomic E-state index is 13.8. The van der Waals surface area contributed by atoms with Crippen LogP contribution in [0.1, 0.15) is 12.5 Å². The zero-order valence-corrected chi connectivity index (χ0v) is 16.6. The third kappa shape index (κ3) is 4.16. The van der Waals surface area contributed by atoms with E-state index in [0.717, 1.165) is 0 Å². The molecule has 0 bridgehead atoms. The van der Waals surface area contributed by atoms with E-state index < -0.39 is 32.6 Å². The Morgan fingerprint density at radius 2 is 1.79 bits per heavy atom. The topological polar surface area (TPSA) is 116 Å². The Labute approximate surface area is 172 Å². The van der Waals surface area contributed by atoms with Crippen LogP contribution in [0.15, 0.2) is 50.9 Å². The maximum Gasteiger partial charge on any atom is 0.253 e. The van der Waals surface area contributed by atoms with Crippen molar-refractivity contribution in [1.82, 2.24) is 0 Å². The van der Waals surface area contributed by atoms with E-state index in [2.05, 4.69) is 10.6 Å². The number of rotatable bonds is 7. The zero-order chi connectivity index (χ0) is 21.3. The molecule has 2 atom stereocenters. The normalized spacial score (nSPS) is 13.2. The lowest BCUT2D eigenvalue weighted by Gasteiger charge is -2.20. The standard InChI is InChI=1S/C19H16ClFN2O5S/c1-9(8-10-4-2-3-5-12(10)21)22-14-15(18(26)17(14)25)23-13-7-6-11(20)19(16(13)24)29(27)28/h2-7,9,22-24H,8H2,1H3,(H,27,28). The van der Waals surface area contributed by atoms with Gasteiger partial charge in [-0.1, -0.05) is 29.8 Å². The zero-order valence-electron chi connectivity index (χ0n) is 15.0. The highest BCUT2D eigenvalue weighted by atomic mass is 35.5. The molecule has 0 aromatic heterocycles. The Hall–Kier alpha value is -2.75. The first-order valence-electron chi connectivity index (χ1n) is 8.43. The lowest BCUT2D eigenvalue weighted by molar-refractivity contribution is 0.459. The molecule has 0 aliphatic rings. The Kier molecular flexibility index (Phi) is 6.02. The molecule has 0 fully saturated rings. The number of hydrogen-bond donors (Lipinski definition) is 4. The summed E-state index contributed by atoms with van der Waals surface area (Å²) in [6.07, 6.45) is 0.269. The highest BCUT2D eigenvalue weighted by molar-refractivity contribution is 7.79. The molecule has 0 amide bonds. The third-order valence-corrected chi connectivity index (χ3v) is 5.49. The van der Waals surface area contributed by atoms with Crippen molar-refractivity contribution in [1.29, 1.82) is 0 Å². The van der Waals surface area contributed by atoms with Gasteiger partial charge in [0, 0.05) is 6.04 Å². The molecule has 0 saturated carbocycles. The van der Waals surface area contributed by atoms with Gasteiger partial charge in [-0.25, -0.2) is 8.60 Å². The van der Waals surface area contributed by atoms with Gasteiger partial charge in [-0.3, -0.25) is 9.59 Å². The summed E-state index contributed by atoms with van der Waals surface area (Å²) in [5.41, 5.74) is -1.31. The second-order valence-corrected chi connectivity index (χ2v) is 7.71. The molecule has 7 nitrogen and oxygen atoms in total. The highest BCUT2D eigenvalue weighted by Crippen LogP contribution is 2.37. The number of phenols is 1. The van der Waals surface area contributed by atoms with E-state index in [-0.39, 0.29) is 40.4 Å². The molecule has 0 aliphatic heterocycles. The van der Waals surface area contributed by atoms with Crippen LogP contribution < -0.4 is 21.5 Å². The van der Waals surface area contributed by atoms with E-state index in [9.17, 15) is 27.8 Å². The fourth-order valence-corrected chi connectivity index (χ4v) is 3.75. The lowest BCUT2D eigenvalue weighted by atomic mass is 10.1. The molecule has 0 heterocycles. The van der Waals surface area contributed by atoms with Crippen LogP contribution in [0.3, 0.4) is 0 Å². The van der Waals surface area contributed by atoms with Crippen LogP contribution in [-0.4, -0.2) is 19.9 Å². The molecule has 3 aromatic carbocycles. The molecular formula is C19H16ClFN2O5S. The molecule has 29 heavy (non-hydrogen) atoms. The Bertz CT molecular complexity index is 1180. The van der Waals surface area contributed by atoms with Gasteiger partial charge in [-0.2, -0.15) is 0 Å². The Morgan fingerprint density at radius 1 is 1.14 bits per heavy atom. The minimum absolute atomic E-state index is 0.0140. The van der Waals surface area contributed by atoms with Crippen molar-refractivity contribution >= 4 is 39.7 Å². The van der Waals surface area contributed by atoms with E-state index in [1.54, 1.807) is 25.1 Å². The number of anilines is 3. The highest BCUT2D eigenvalue weighted by Gasteiger charge is 2.25. The molecule has 0 aliphatic carbocycles. The summed E-state index contributed by atoms with van der Waals surface area (Å²) < 4.78 is 34.4. The van der Waals surface area contributed by atoms with Gasteiger partial charge in [0.25, 0.3) is 10.9 Å². The van der Waals surface area contributed by atoms with Crippen LogP contribution in [-0.2, 0) is 17.5 Å². The van der Waals surface area contributed by atoms with Gasteiger partial charge >= 0.3 is 0 Å². The van der Waals surface area contributed by atoms with Gasteiger partial charge in [0.15, 0.2) is 16.8 Å². The number of hydrogen-bond acceptors (Lipinski definition) is 6. The van der Waals surface area contributed by atoms with E-state index in [0.29, 0.717) is 5.56 Å². The van der Waals surface area contributed by atoms with E-state index in [1.807, 2.05) is 0 Å². The van der Waals surface area contributed by atoms with Crippen molar-refractivity contribution in [3.63, 3.8) is 0 Å². The minimum atomic E-state index is -2.56. The number of halogens is 2. The van der Waals surface area contributed by atoms with E-state index >= 15 is 0 Å². The number of benzene rings is 2. The average Bonchev–Trinajstić information content (AvgIpc) is 2.67. The predicted octanol–water partition coefficient (Wildman–Crippen LogP) is 3.15. The van der Waals surface area contributed by atoms with Crippen LogP contribution in [0.2, 0.25) is 5.02 Å². The summed E-state index contributed by atoms with van der Waals surface area (Å²) in [6, 6.07) is 8.41. The van der Waals surface area contributed by atoms with Gasteiger partial charge in [-0.15, -0.1) is 0 Å². The van der Waals surface area contributed by atoms with Crippen molar-refractivity contribution in [2.75, 3.05) is 10.6 Å². The number of phenolic OH excluding ortho intramolecular Hbond substituents is 1. The van der Waals surface area contributed by atoms with Gasteiger partial charge in [0.2, 0.25) is 0 Å². The molecular weight excluding hydrogens is 423 g/mol.